The van der Waals surface area contributed by atoms with Gasteiger partial charge in [-0.3, -0.25) is 14.5 Å². The summed E-state index contributed by atoms with van der Waals surface area (Å²) >= 11 is 4.91. The number of carbonyl (C=O) groups is 2. The first-order valence-electron chi connectivity index (χ1n) is 4.07. The molecule has 0 aromatic heterocycles. The summed E-state index contributed by atoms with van der Waals surface area (Å²) in [5.41, 5.74) is 4.99. The second-order valence-corrected chi connectivity index (χ2v) is 3.30. The molecule has 14 heavy (non-hydrogen) atoms. The van der Waals surface area contributed by atoms with E-state index >= 15 is 0 Å². The minimum Gasteiger partial charge on any atom is -0.370 e. The van der Waals surface area contributed by atoms with Crippen molar-refractivity contribution < 1.29 is 9.59 Å². The summed E-state index contributed by atoms with van der Waals surface area (Å²) in [5, 5.41) is 3.05. The SMILES string of the molecule is C=CCN1C(=O)[C@H](CC(N)=O)NC1=S. The predicted octanol–water partition coefficient (Wildman–Crippen LogP) is -0.867. The maximum atomic E-state index is 11.6. The van der Waals surface area contributed by atoms with Crippen LogP contribution in [0.4, 0.5) is 0 Å². The minimum absolute atomic E-state index is 0.0351. The lowest BCUT2D eigenvalue weighted by molar-refractivity contribution is -0.129. The van der Waals surface area contributed by atoms with Gasteiger partial charge in [-0.1, -0.05) is 6.08 Å². The van der Waals surface area contributed by atoms with Gasteiger partial charge in [0.2, 0.25) is 5.91 Å². The number of primary amides is 1. The number of hydrogen-bond donors (Lipinski definition) is 2. The Morgan fingerprint density at radius 3 is 2.93 bits per heavy atom. The Kier molecular flexibility index (Phi) is 3.19. The van der Waals surface area contributed by atoms with Gasteiger partial charge in [-0.25, -0.2) is 0 Å². The monoisotopic (exact) mass is 213 g/mol. The Labute approximate surface area is 86.9 Å². The summed E-state index contributed by atoms with van der Waals surface area (Å²) in [5.74, 6) is -0.757. The van der Waals surface area contributed by atoms with Crippen molar-refractivity contribution in [1.82, 2.24) is 10.2 Å². The maximum absolute atomic E-state index is 11.6. The van der Waals surface area contributed by atoms with Crippen LogP contribution in [0.5, 0.6) is 0 Å². The topological polar surface area (TPSA) is 75.4 Å². The molecule has 1 aliphatic heterocycles. The number of amides is 2. The van der Waals surface area contributed by atoms with Crippen molar-refractivity contribution in [2.45, 2.75) is 12.5 Å². The molecule has 6 heteroatoms. The average Bonchev–Trinajstić information content (AvgIpc) is 2.32. The molecule has 2 amide bonds. The van der Waals surface area contributed by atoms with E-state index in [0.29, 0.717) is 11.7 Å². The molecule has 1 atom stereocenters. The molecule has 0 aromatic rings. The Balaban J connectivity index is 2.68. The number of rotatable bonds is 4. The van der Waals surface area contributed by atoms with Crippen LogP contribution in [-0.2, 0) is 9.59 Å². The van der Waals surface area contributed by atoms with Gasteiger partial charge < -0.3 is 11.1 Å². The van der Waals surface area contributed by atoms with E-state index in [9.17, 15) is 9.59 Å². The van der Waals surface area contributed by atoms with E-state index in [-0.39, 0.29) is 12.3 Å². The van der Waals surface area contributed by atoms with Crippen LogP contribution in [-0.4, -0.2) is 34.4 Å². The van der Waals surface area contributed by atoms with Gasteiger partial charge in [-0.15, -0.1) is 6.58 Å². The lowest BCUT2D eigenvalue weighted by Crippen LogP contribution is -2.34. The highest BCUT2D eigenvalue weighted by Crippen LogP contribution is 2.08. The van der Waals surface area contributed by atoms with Gasteiger partial charge in [-0.05, 0) is 12.2 Å². The summed E-state index contributed by atoms with van der Waals surface area (Å²) in [7, 11) is 0. The predicted molar refractivity (Wildman–Crippen MR) is 55.2 cm³/mol. The Hall–Kier alpha value is -1.43. The first kappa shape index (κ1) is 10.6. The standard InChI is InChI=1S/C8H11N3O2S/c1-2-3-11-7(13)5(4-6(9)12)10-8(11)14/h2,5H,1,3-4H2,(H2,9,12)(H,10,14)/t5-/m0/s1. The second kappa shape index (κ2) is 4.19. The van der Waals surface area contributed by atoms with Gasteiger partial charge in [0.1, 0.15) is 6.04 Å². The van der Waals surface area contributed by atoms with E-state index < -0.39 is 11.9 Å². The molecule has 0 radical (unpaired) electrons. The zero-order valence-electron chi connectivity index (χ0n) is 7.53. The summed E-state index contributed by atoms with van der Waals surface area (Å²) in [6.07, 6.45) is 1.53. The van der Waals surface area contributed by atoms with Gasteiger partial charge in [0, 0.05) is 6.54 Å². The molecule has 0 bridgehead atoms. The van der Waals surface area contributed by atoms with Crippen LogP contribution < -0.4 is 11.1 Å². The number of carbonyl (C=O) groups excluding carboxylic acids is 2. The highest BCUT2D eigenvalue weighted by Gasteiger charge is 2.35. The quantitative estimate of drug-likeness (QED) is 0.470. The van der Waals surface area contributed by atoms with E-state index in [1.165, 1.54) is 4.90 Å². The smallest absolute Gasteiger partial charge is 0.252 e. The Bertz CT molecular complexity index is 303. The molecule has 3 N–H and O–H groups in total. The van der Waals surface area contributed by atoms with E-state index in [0.717, 1.165) is 0 Å². The number of nitrogens with one attached hydrogen (secondary N) is 1. The van der Waals surface area contributed by atoms with E-state index in [1.54, 1.807) is 6.08 Å². The first-order valence-corrected chi connectivity index (χ1v) is 4.48. The van der Waals surface area contributed by atoms with Crippen molar-refractivity contribution in [3.05, 3.63) is 12.7 Å². The molecule has 0 aliphatic carbocycles. The van der Waals surface area contributed by atoms with Crippen LogP contribution in [0, 0.1) is 0 Å². The highest BCUT2D eigenvalue weighted by atomic mass is 32.1. The van der Waals surface area contributed by atoms with Crippen LogP contribution in [0.25, 0.3) is 0 Å². The van der Waals surface area contributed by atoms with Crippen molar-refractivity contribution >= 4 is 29.1 Å². The van der Waals surface area contributed by atoms with E-state index in [2.05, 4.69) is 11.9 Å². The van der Waals surface area contributed by atoms with Crippen molar-refractivity contribution in [3.8, 4) is 0 Å². The molecule has 76 valence electrons. The average molecular weight is 213 g/mol. The molecule has 1 fully saturated rings. The van der Waals surface area contributed by atoms with Crippen LogP contribution >= 0.6 is 12.2 Å². The molecule has 0 aromatic carbocycles. The van der Waals surface area contributed by atoms with Crippen molar-refractivity contribution in [2.24, 2.45) is 5.73 Å². The van der Waals surface area contributed by atoms with Crippen LogP contribution in [0.3, 0.4) is 0 Å². The first-order chi connectivity index (χ1) is 6.56. The van der Waals surface area contributed by atoms with Crippen molar-refractivity contribution in [2.75, 3.05) is 6.54 Å². The third-order valence-corrected chi connectivity index (χ3v) is 2.16. The van der Waals surface area contributed by atoms with E-state index in [1.807, 2.05) is 0 Å². The fraction of sp³-hybridized carbons (Fsp3) is 0.375. The molecular weight excluding hydrogens is 202 g/mol. The molecule has 0 saturated carbocycles. The van der Waals surface area contributed by atoms with Gasteiger partial charge in [0.25, 0.3) is 5.91 Å². The van der Waals surface area contributed by atoms with Gasteiger partial charge >= 0.3 is 0 Å². The zero-order chi connectivity index (χ0) is 10.7. The molecule has 0 spiro atoms. The molecule has 1 rings (SSSR count). The van der Waals surface area contributed by atoms with Gasteiger partial charge in [0.15, 0.2) is 5.11 Å². The zero-order valence-corrected chi connectivity index (χ0v) is 8.34. The molecule has 0 unspecified atom stereocenters. The molecular formula is C8H11N3O2S. The molecule has 5 nitrogen and oxygen atoms in total. The van der Waals surface area contributed by atoms with E-state index in [4.69, 9.17) is 18.0 Å². The lowest BCUT2D eigenvalue weighted by Gasteiger charge is -2.10. The third kappa shape index (κ3) is 2.08. The van der Waals surface area contributed by atoms with Gasteiger partial charge in [0.05, 0.1) is 6.42 Å². The fourth-order valence-electron chi connectivity index (χ4n) is 1.22. The normalized spacial score (nSPS) is 20.9. The maximum Gasteiger partial charge on any atom is 0.252 e. The van der Waals surface area contributed by atoms with Crippen molar-refractivity contribution in [1.29, 1.82) is 0 Å². The third-order valence-electron chi connectivity index (χ3n) is 1.82. The summed E-state index contributed by atoms with van der Waals surface area (Å²) < 4.78 is 0. The van der Waals surface area contributed by atoms with Gasteiger partial charge in [-0.2, -0.15) is 0 Å². The minimum atomic E-state index is -0.611. The lowest BCUT2D eigenvalue weighted by atomic mass is 10.2. The second-order valence-electron chi connectivity index (χ2n) is 2.91. The van der Waals surface area contributed by atoms with Crippen LogP contribution in [0.2, 0.25) is 0 Å². The summed E-state index contributed by atoms with van der Waals surface area (Å²) in [4.78, 5) is 23.5. The van der Waals surface area contributed by atoms with Crippen molar-refractivity contribution in [3.63, 3.8) is 0 Å². The molecule has 1 heterocycles. The largest absolute Gasteiger partial charge is 0.370 e. The molecule has 1 saturated heterocycles. The summed E-state index contributed by atoms with van der Waals surface area (Å²) in [6, 6.07) is -0.611. The highest BCUT2D eigenvalue weighted by molar-refractivity contribution is 7.80. The number of nitrogens with two attached hydrogens (primary N) is 1. The van der Waals surface area contributed by atoms with Crippen LogP contribution in [0.1, 0.15) is 6.42 Å². The number of hydrogen-bond acceptors (Lipinski definition) is 3. The van der Waals surface area contributed by atoms with Crippen LogP contribution in [0.15, 0.2) is 12.7 Å². The number of thiocarbonyl (C=S) groups is 1. The summed E-state index contributed by atoms with van der Waals surface area (Å²) in [6.45, 7) is 3.85. The Morgan fingerprint density at radius 2 is 2.43 bits per heavy atom. The fourth-order valence-corrected chi connectivity index (χ4v) is 1.53. The molecule has 1 aliphatic rings. The Morgan fingerprint density at radius 1 is 1.79 bits per heavy atom. The number of nitrogens with zero attached hydrogens (tertiary/aromatic N) is 1.